The molecule has 4 amide bonds. The predicted molar refractivity (Wildman–Crippen MR) is 45.2 cm³/mol. The third-order valence-corrected chi connectivity index (χ3v) is 2.25. The van der Waals surface area contributed by atoms with Crippen molar-refractivity contribution in [2.75, 3.05) is 12.4 Å². The van der Waals surface area contributed by atoms with Gasteiger partial charge in [0.15, 0.2) is 0 Å². The highest BCUT2D eigenvalue weighted by molar-refractivity contribution is 6.18. The number of hydrogen-bond acceptors (Lipinski definition) is 2. The van der Waals surface area contributed by atoms with E-state index in [0.717, 1.165) is 0 Å². The lowest BCUT2D eigenvalue weighted by atomic mass is 10.4. The van der Waals surface area contributed by atoms with Crippen LogP contribution in [0.15, 0.2) is 0 Å². The van der Waals surface area contributed by atoms with Crippen LogP contribution in [-0.4, -0.2) is 41.7 Å². The van der Waals surface area contributed by atoms with Crippen molar-refractivity contribution >= 4 is 23.7 Å². The van der Waals surface area contributed by atoms with Crippen molar-refractivity contribution in [1.29, 1.82) is 0 Å². The first-order valence-electron chi connectivity index (χ1n) is 3.92. The summed E-state index contributed by atoms with van der Waals surface area (Å²) in [5, 5.41) is 7.80. The Morgan fingerprint density at radius 2 is 2.08 bits per heavy atom. The highest BCUT2D eigenvalue weighted by Crippen LogP contribution is 2.13. The molecule has 13 heavy (non-hydrogen) atoms. The molecule has 0 aliphatic carbocycles. The van der Waals surface area contributed by atoms with E-state index in [9.17, 15) is 9.59 Å². The monoisotopic (exact) mass is 204 g/mol. The normalized spacial score (nSPS) is 31.0. The molecule has 2 rings (SSSR count). The maximum absolute atomic E-state index is 11.2. The number of carbonyl (C=O) groups excluding carboxylic acids is 2. The minimum absolute atomic E-state index is 0.205. The van der Waals surface area contributed by atoms with E-state index in [1.807, 2.05) is 0 Å². The van der Waals surface area contributed by atoms with Crippen molar-refractivity contribution < 1.29 is 9.59 Å². The number of fused-ring (bicyclic) bond motifs is 1. The second-order valence-electron chi connectivity index (χ2n) is 2.87. The number of hydrogen-bond donors (Lipinski definition) is 3. The van der Waals surface area contributed by atoms with Gasteiger partial charge < -0.3 is 16.0 Å². The van der Waals surface area contributed by atoms with Gasteiger partial charge in [0.25, 0.3) is 0 Å². The minimum Gasteiger partial charge on any atom is -0.314 e. The van der Waals surface area contributed by atoms with Crippen molar-refractivity contribution in [3.8, 4) is 0 Å². The Morgan fingerprint density at radius 3 is 2.77 bits per heavy atom. The second kappa shape index (κ2) is 2.95. The first-order chi connectivity index (χ1) is 6.22. The SMILES string of the molecule is O=C1NC2NC(=O)N(CCCl)C2N1. The molecule has 2 fully saturated rings. The Bertz CT molecular complexity index is 259. The van der Waals surface area contributed by atoms with Gasteiger partial charge in [0.2, 0.25) is 0 Å². The van der Waals surface area contributed by atoms with Crippen LogP contribution in [-0.2, 0) is 0 Å². The van der Waals surface area contributed by atoms with Crippen molar-refractivity contribution in [3.05, 3.63) is 0 Å². The average molecular weight is 205 g/mol. The van der Waals surface area contributed by atoms with Gasteiger partial charge in [-0.3, -0.25) is 4.90 Å². The number of amides is 4. The van der Waals surface area contributed by atoms with Crippen molar-refractivity contribution in [3.63, 3.8) is 0 Å². The molecule has 0 aromatic heterocycles. The molecule has 0 spiro atoms. The fourth-order valence-electron chi connectivity index (χ4n) is 1.53. The summed E-state index contributed by atoms with van der Waals surface area (Å²) in [6.45, 7) is 0.427. The van der Waals surface area contributed by atoms with Crippen LogP contribution in [0.2, 0.25) is 0 Å². The van der Waals surface area contributed by atoms with Gasteiger partial charge in [-0.25, -0.2) is 9.59 Å². The lowest BCUT2D eigenvalue weighted by Crippen LogP contribution is -2.44. The quantitative estimate of drug-likeness (QED) is 0.516. The molecule has 2 unspecified atom stereocenters. The zero-order valence-electron chi connectivity index (χ0n) is 6.71. The van der Waals surface area contributed by atoms with Crippen molar-refractivity contribution in [1.82, 2.24) is 20.9 Å². The molecule has 2 atom stereocenters. The van der Waals surface area contributed by atoms with Crippen LogP contribution < -0.4 is 16.0 Å². The smallest absolute Gasteiger partial charge is 0.314 e. The topological polar surface area (TPSA) is 73.5 Å². The highest BCUT2D eigenvalue weighted by atomic mass is 35.5. The fraction of sp³-hybridized carbons (Fsp3) is 0.667. The fourth-order valence-corrected chi connectivity index (χ4v) is 1.71. The standard InChI is InChI=1S/C6H9ClN4O2/c7-1-2-11-4-3(9-6(11)13)8-5(12)10-4/h3-4H,1-2H2,(H,9,13)(H2,8,10,12). The maximum atomic E-state index is 11.2. The van der Waals surface area contributed by atoms with Gasteiger partial charge in [-0.05, 0) is 0 Å². The number of nitrogens with zero attached hydrogens (tertiary/aromatic N) is 1. The lowest BCUT2D eigenvalue weighted by molar-refractivity contribution is 0.200. The number of carbonyl (C=O) groups is 2. The van der Waals surface area contributed by atoms with E-state index in [1.165, 1.54) is 4.90 Å². The van der Waals surface area contributed by atoms with Crippen molar-refractivity contribution in [2.45, 2.75) is 12.3 Å². The molecule has 3 N–H and O–H groups in total. The number of urea groups is 2. The van der Waals surface area contributed by atoms with Gasteiger partial charge in [0.05, 0.1) is 0 Å². The van der Waals surface area contributed by atoms with E-state index in [4.69, 9.17) is 11.6 Å². The van der Waals surface area contributed by atoms with Gasteiger partial charge in [-0.15, -0.1) is 11.6 Å². The summed E-state index contributed by atoms with van der Waals surface area (Å²) in [5.41, 5.74) is 0. The maximum Gasteiger partial charge on any atom is 0.320 e. The third-order valence-electron chi connectivity index (χ3n) is 2.08. The minimum atomic E-state index is -0.330. The van der Waals surface area contributed by atoms with Gasteiger partial charge in [0.1, 0.15) is 12.3 Å². The highest BCUT2D eigenvalue weighted by Gasteiger charge is 2.44. The molecule has 2 saturated heterocycles. The van der Waals surface area contributed by atoms with E-state index in [2.05, 4.69) is 16.0 Å². The van der Waals surface area contributed by atoms with Gasteiger partial charge in [-0.1, -0.05) is 0 Å². The molecular formula is C6H9ClN4O2. The van der Waals surface area contributed by atoms with Crippen LogP contribution in [0.1, 0.15) is 0 Å². The predicted octanol–water partition coefficient (Wildman–Crippen LogP) is -0.785. The molecule has 2 heterocycles. The average Bonchev–Trinajstić information content (AvgIpc) is 2.52. The largest absolute Gasteiger partial charge is 0.320 e. The van der Waals surface area contributed by atoms with Gasteiger partial charge in [-0.2, -0.15) is 0 Å². The summed E-state index contributed by atoms with van der Waals surface area (Å²) < 4.78 is 0. The first-order valence-corrected chi connectivity index (χ1v) is 4.46. The third kappa shape index (κ3) is 1.27. The second-order valence-corrected chi connectivity index (χ2v) is 3.25. The summed E-state index contributed by atoms with van der Waals surface area (Å²) in [4.78, 5) is 23.6. The number of rotatable bonds is 2. The molecule has 6 nitrogen and oxygen atoms in total. The van der Waals surface area contributed by atoms with Gasteiger partial charge in [0, 0.05) is 12.4 Å². The molecule has 0 aromatic carbocycles. The first kappa shape index (κ1) is 8.43. The Labute approximate surface area is 79.6 Å². The van der Waals surface area contributed by atoms with E-state index in [1.54, 1.807) is 0 Å². The molecule has 0 saturated carbocycles. The Hall–Kier alpha value is -1.17. The number of alkyl halides is 1. The molecule has 0 aromatic rings. The summed E-state index contributed by atoms with van der Waals surface area (Å²) in [5.74, 6) is 0.354. The number of halogens is 1. The van der Waals surface area contributed by atoms with Crippen LogP contribution >= 0.6 is 11.6 Å². The van der Waals surface area contributed by atoms with E-state index < -0.39 is 0 Å². The Balaban J connectivity index is 2.10. The molecule has 7 heteroatoms. The van der Waals surface area contributed by atoms with E-state index in [-0.39, 0.29) is 24.4 Å². The Kier molecular flexibility index (Phi) is 1.91. The van der Waals surface area contributed by atoms with Crippen LogP contribution in [0, 0.1) is 0 Å². The summed E-state index contributed by atoms with van der Waals surface area (Å²) in [7, 11) is 0. The van der Waals surface area contributed by atoms with E-state index in [0.29, 0.717) is 12.4 Å². The van der Waals surface area contributed by atoms with E-state index >= 15 is 0 Å². The molecular weight excluding hydrogens is 196 g/mol. The van der Waals surface area contributed by atoms with Gasteiger partial charge >= 0.3 is 12.1 Å². The molecule has 2 aliphatic heterocycles. The van der Waals surface area contributed by atoms with Crippen molar-refractivity contribution in [2.24, 2.45) is 0 Å². The van der Waals surface area contributed by atoms with Crippen LogP contribution in [0.5, 0.6) is 0 Å². The molecule has 2 aliphatic rings. The zero-order valence-corrected chi connectivity index (χ0v) is 7.47. The molecule has 0 radical (unpaired) electrons. The van der Waals surface area contributed by atoms with Crippen LogP contribution in [0.25, 0.3) is 0 Å². The summed E-state index contributed by atoms with van der Waals surface area (Å²) in [6.07, 6.45) is -0.637. The summed E-state index contributed by atoms with van der Waals surface area (Å²) in [6, 6.07) is -0.474. The van der Waals surface area contributed by atoms with Crippen LogP contribution in [0.3, 0.4) is 0 Å². The zero-order chi connectivity index (χ0) is 9.42. The molecule has 0 bridgehead atoms. The number of nitrogens with one attached hydrogen (secondary N) is 3. The lowest BCUT2D eigenvalue weighted by Gasteiger charge is -2.19. The molecule has 72 valence electrons. The summed E-state index contributed by atoms with van der Waals surface area (Å²) >= 11 is 5.52. The Morgan fingerprint density at radius 1 is 1.31 bits per heavy atom. The van der Waals surface area contributed by atoms with Crippen LogP contribution in [0.4, 0.5) is 9.59 Å².